The van der Waals surface area contributed by atoms with Crippen LogP contribution in [-0.4, -0.2) is 34.3 Å². The van der Waals surface area contributed by atoms with Gasteiger partial charge in [0.05, 0.1) is 18.6 Å². The summed E-state index contributed by atoms with van der Waals surface area (Å²) in [6, 6.07) is 10.3. The van der Waals surface area contributed by atoms with Crippen LogP contribution in [0.2, 0.25) is 0 Å². The smallest absolute Gasteiger partial charge is 0.253 e. The zero-order valence-electron chi connectivity index (χ0n) is 17.9. The van der Waals surface area contributed by atoms with Crippen molar-refractivity contribution in [2.75, 3.05) is 13.2 Å². The molecule has 3 heterocycles. The largest absolute Gasteiger partial charge is 0.486 e. The Hall–Kier alpha value is -2.58. The Morgan fingerprint density at radius 1 is 1.12 bits per heavy atom. The van der Waals surface area contributed by atoms with E-state index in [-0.39, 0.29) is 5.56 Å². The van der Waals surface area contributed by atoms with E-state index in [1.54, 1.807) is 11.3 Å². The Bertz CT molecular complexity index is 1150. The maximum Gasteiger partial charge on any atom is 0.253 e. The van der Waals surface area contributed by atoms with Crippen LogP contribution in [0, 0.1) is 0 Å². The fraction of sp³-hybridized carbons (Fsp3) is 0.417. The molecule has 2 aromatic heterocycles. The first-order valence-corrected chi connectivity index (χ1v) is 12.5. The Kier molecular flexibility index (Phi) is 6.32. The van der Waals surface area contributed by atoms with Gasteiger partial charge in [-0.2, -0.15) is 0 Å². The molecule has 1 aliphatic heterocycles. The van der Waals surface area contributed by atoms with Crippen molar-refractivity contribution >= 4 is 39.6 Å². The van der Waals surface area contributed by atoms with E-state index in [2.05, 4.69) is 26.6 Å². The van der Waals surface area contributed by atoms with Gasteiger partial charge in [-0.05, 0) is 48.6 Å². The van der Waals surface area contributed by atoms with Gasteiger partial charge in [-0.3, -0.25) is 4.79 Å². The molecular weight excluding hydrogens is 442 g/mol. The molecule has 168 valence electrons. The van der Waals surface area contributed by atoms with Crippen molar-refractivity contribution in [3.05, 3.63) is 56.5 Å². The molecule has 0 amide bonds. The number of nitrogens with one attached hydrogen (secondary N) is 2. The van der Waals surface area contributed by atoms with Crippen LogP contribution in [-0.2, 0) is 13.1 Å². The number of aromatic nitrogens is 1. The standard InChI is InChI=1S/C24H27N3O3S2/c28-23-17(11-16-12-21-22(13-20(16)26-23)30-9-8-29-21)14-27(15-19-7-4-10-32-19)24(31)25-18-5-2-1-3-6-18/h4,7,10-13,18H,1-3,5-6,8-9,14-15H2,(H,25,31)(H,26,28). The van der Waals surface area contributed by atoms with Gasteiger partial charge >= 0.3 is 0 Å². The van der Waals surface area contributed by atoms with Crippen LogP contribution >= 0.6 is 23.6 Å². The third-order valence-corrected chi connectivity index (χ3v) is 7.33. The number of fused-ring (bicyclic) bond motifs is 2. The number of H-pyrrole nitrogens is 1. The molecule has 0 unspecified atom stereocenters. The third kappa shape index (κ3) is 4.76. The second-order valence-electron chi connectivity index (χ2n) is 8.43. The highest BCUT2D eigenvalue weighted by Gasteiger charge is 2.20. The lowest BCUT2D eigenvalue weighted by atomic mass is 9.96. The first-order chi connectivity index (χ1) is 15.7. The molecule has 1 saturated carbocycles. The number of rotatable bonds is 5. The lowest BCUT2D eigenvalue weighted by Crippen LogP contribution is -2.45. The summed E-state index contributed by atoms with van der Waals surface area (Å²) in [5.41, 5.74) is 1.32. The molecule has 2 aliphatic rings. The SMILES string of the molecule is O=c1[nH]c2cc3c(cc2cc1CN(Cc1cccs1)C(=S)NC1CCCCC1)OCCO3. The number of hydrogen-bond acceptors (Lipinski definition) is 5. The Balaban J connectivity index is 1.41. The minimum atomic E-state index is -0.106. The molecule has 0 radical (unpaired) electrons. The highest BCUT2D eigenvalue weighted by atomic mass is 32.1. The number of pyridine rings is 1. The van der Waals surface area contributed by atoms with Gasteiger partial charge in [0.2, 0.25) is 0 Å². The second kappa shape index (κ2) is 9.50. The summed E-state index contributed by atoms with van der Waals surface area (Å²) in [5, 5.41) is 7.27. The molecule has 0 bridgehead atoms. The number of thiophene rings is 1. The quantitative estimate of drug-likeness (QED) is 0.534. The summed E-state index contributed by atoms with van der Waals surface area (Å²) >= 11 is 7.52. The van der Waals surface area contributed by atoms with Crippen LogP contribution in [0.4, 0.5) is 0 Å². The van der Waals surface area contributed by atoms with Crippen LogP contribution in [0.25, 0.3) is 10.9 Å². The van der Waals surface area contributed by atoms with Crippen LogP contribution in [0.15, 0.2) is 40.5 Å². The zero-order chi connectivity index (χ0) is 21.9. The highest BCUT2D eigenvalue weighted by Crippen LogP contribution is 2.33. The molecule has 2 N–H and O–H groups in total. The average Bonchev–Trinajstić information content (AvgIpc) is 3.32. The Morgan fingerprint density at radius 3 is 2.66 bits per heavy atom. The molecule has 3 aromatic rings. The fourth-order valence-corrected chi connectivity index (χ4v) is 5.43. The van der Waals surface area contributed by atoms with Gasteiger partial charge < -0.3 is 24.7 Å². The first kappa shape index (κ1) is 21.3. The van der Waals surface area contributed by atoms with Crippen LogP contribution < -0.4 is 20.3 Å². The minimum absolute atomic E-state index is 0.106. The normalized spacial score (nSPS) is 16.1. The van der Waals surface area contributed by atoms with E-state index in [9.17, 15) is 4.79 Å². The molecule has 0 spiro atoms. The van der Waals surface area contributed by atoms with E-state index in [0.29, 0.717) is 54.5 Å². The van der Waals surface area contributed by atoms with E-state index in [1.165, 1.54) is 24.1 Å². The summed E-state index contributed by atoms with van der Waals surface area (Å²) < 4.78 is 11.4. The Labute approximate surface area is 196 Å². The lowest BCUT2D eigenvalue weighted by molar-refractivity contribution is 0.172. The molecule has 6 nitrogen and oxygen atoms in total. The molecular formula is C24H27N3O3S2. The maximum atomic E-state index is 12.9. The maximum absolute atomic E-state index is 12.9. The summed E-state index contributed by atoms with van der Waals surface area (Å²) in [5.74, 6) is 1.39. The molecule has 1 aliphatic carbocycles. The van der Waals surface area contributed by atoms with Gasteiger partial charge in [-0.25, -0.2) is 0 Å². The fourth-order valence-electron chi connectivity index (χ4n) is 4.41. The lowest BCUT2D eigenvalue weighted by Gasteiger charge is -2.30. The van der Waals surface area contributed by atoms with Gasteiger partial charge in [0.25, 0.3) is 5.56 Å². The van der Waals surface area contributed by atoms with Gasteiger partial charge in [-0.15, -0.1) is 11.3 Å². The summed E-state index contributed by atoms with van der Waals surface area (Å²) in [6.07, 6.45) is 6.08. The first-order valence-electron chi connectivity index (χ1n) is 11.2. The van der Waals surface area contributed by atoms with E-state index in [1.807, 2.05) is 24.3 Å². The van der Waals surface area contributed by atoms with Crippen LogP contribution in [0.5, 0.6) is 11.5 Å². The third-order valence-electron chi connectivity index (χ3n) is 6.09. The van der Waals surface area contributed by atoms with Crippen molar-refractivity contribution in [2.45, 2.75) is 51.2 Å². The summed E-state index contributed by atoms with van der Waals surface area (Å²) in [7, 11) is 0. The number of ether oxygens (including phenoxy) is 2. The zero-order valence-corrected chi connectivity index (χ0v) is 19.5. The van der Waals surface area contributed by atoms with Crippen molar-refractivity contribution in [1.82, 2.24) is 15.2 Å². The molecule has 0 saturated heterocycles. The van der Waals surface area contributed by atoms with Gasteiger partial charge in [0.1, 0.15) is 13.2 Å². The molecule has 8 heteroatoms. The molecule has 1 fully saturated rings. The summed E-state index contributed by atoms with van der Waals surface area (Å²) in [6.45, 7) is 2.17. The minimum Gasteiger partial charge on any atom is -0.486 e. The van der Waals surface area contributed by atoms with Gasteiger partial charge in [-0.1, -0.05) is 25.3 Å². The van der Waals surface area contributed by atoms with Gasteiger partial charge in [0.15, 0.2) is 16.6 Å². The molecule has 5 rings (SSSR count). The molecule has 32 heavy (non-hydrogen) atoms. The van der Waals surface area contributed by atoms with E-state index >= 15 is 0 Å². The van der Waals surface area contributed by atoms with Crippen molar-refractivity contribution in [1.29, 1.82) is 0 Å². The monoisotopic (exact) mass is 469 g/mol. The molecule has 1 aromatic carbocycles. The summed E-state index contributed by atoms with van der Waals surface area (Å²) in [4.78, 5) is 19.3. The molecule has 0 atom stereocenters. The number of hydrogen-bond donors (Lipinski definition) is 2. The predicted molar refractivity (Wildman–Crippen MR) is 132 cm³/mol. The number of thiocarbonyl (C=S) groups is 1. The van der Waals surface area contributed by atoms with Crippen molar-refractivity contribution in [3.63, 3.8) is 0 Å². The number of nitrogens with zero attached hydrogens (tertiary/aromatic N) is 1. The Morgan fingerprint density at radius 2 is 1.91 bits per heavy atom. The topological polar surface area (TPSA) is 66.6 Å². The average molecular weight is 470 g/mol. The predicted octanol–water partition coefficient (Wildman–Crippen LogP) is 4.57. The van der Waals surface area contributed by atoms with Crippen LogP contribution in [0.1, 0.15) is 42.5 Å². The van der Waals surface area contributed by atoms with E-state index in [0.717, 1.165) is 23.7 Å². The van der Waals surface area contributed by atoms with Gasteiger partial charge in [0, 0.05) is 27.9 Å². The highest BCUT2D eigenvalue weighted by molar-refractivity contribution is 7.80. The van der Waals surface area contributed by atoms with E-state index < -0.39 is 0 Å². The van der Waals surface area contributed by atoms with Crippen molar-refractivity contribution < 1.29 is 9.47 Å². The van der Waals surface area contributed by atoms with E-state index in [4.69, 9.17) is 21.7 Å². The number of benzene rings is 1. The van der Waals surface area contributed by atoms with Crippen molar-refractivity contribution in [2.24, 2.45) is 0 Å². The second-order valence-corrected chi connectivity index (χ2v) is 9.85. The van der Waals surface area contributed by atoms with Crippen LogP contribution in [0.3, 0.4) is 0 Å². The number of aromatic amines is 1. The van der Waals surface area contributed by atoms with Crippen molar-refractivity contribution in [3.8, 4) is 11.5 Å².